The summed E-state index contributed by atoms with van der Waals surface area (Å²) < 4.78 is 0. The van der Waals surface area contributed by atoms with Gasteiger partial charge in [0.2, 0.25) is 0 Å². The lowest BCUT2D eigenvalue weighted by molar-refractivity contribution is 0.101. The minimum atomic E-state index is 0.0904. The molecule has 0 saturated heterocycles. The molecule has 0 unspecified atom stereocenters. The summed E-state index contributed by atoms with van der Waals surface area (Å²) in [6.07, 6.45) is 0. The van der Waals surface area contributed by atoms with E-state index in [2.05, 4.69) is 122 Å². The predicted octanol–water partition coefficient (Wildman–Crippen LogP) is 12.0. The standard InChI is InChI=1S/C38H28OS4/c1-26(39)27-2-14-33(15-3-27)41-34-16-4-28(5-17-34)29-6-18-35(19-7-29)42-36-20-8-30(9-21-36)31-10-22-37(23-11-31)43-38-24-12-32(40)13-25-38/h2-25,40H,1H3. The first-order valence-electron chi connectivity index (χ1n) is 13.8. The molecule has 0 amide bonds. The highest BCUT2D eigenvalue weighted by Crippen LogP contribution is 2.34. The maximum atomic E-state index is 11.5. The molecule has 0 N–H and O–H groups in total. The predicted molar refractivity (Wildman–Crippen MR) is 186 cm³/mol. The number of carbonyl (C=O) groups is 1. The van der Waals surface area contributed by atoms with Crippen LogP contribution in [0.2, 0.25) is 0 Å². The lowest BCUT2D eigenvalue weighted by Crippen LogP contribution is -1.90. The van der Waals surface area contributed by atoms with Crippen molar-refractivity contribution in [1.82, 2.24) is 0 Å². The molecule has 0 radical (unpaired) electrons. The fraction of sp³-hybridized carbons (Fsp3) is 0.0263. The van der Waals surface area contributed by atoms with Gasteiger partial charge in [-0.05, 0) is 114 Å². The number of hydrogen-bond acceptors (Lipinski definition) is 5. The van der Waals surface area contributed by atoms with Crippen molar-refractivity contribution in [2.45, 2.75) is 41.2 Å². The van der Waals surface area contributed by atoms with Gasteiger partial charge in [-0.1, -0.05) is 95.9 Å². The van der Waals surface area contributed by atoms with Crippen LogP contribution in [0.15, 0.2) is 180 Å². The molecule has 6 rings (SSSR count). The van der Waals surface area contributed by atoms with Gasteiger partial charge in [0.1, 0.15) is 0 Å². The summed E-state index contributed by atoms with van der Waals surface area (Å²) in [5, 5.41) is 0. The molecular formula is C38H28OS4. The summed E-state index contributed by atoms with van der Waals surface area (Å²) in [5.74, 6) is 0.0904. The summed E-state index contributed by atoms with van der Waals surface area (Å²) in [7, 11) is 0. The fourth-order valence-electron chi connectivity index (χ4n) is 4.54. The van der Waals surface area contributed by atoms with E-state index in [0.29, 0.717) is 0 Å². The molecule has 0 saturated carbocycles. The Kier molecular flexibility index (Phi) is 9.45. The Bertz CT molecular complexity index is 1810. The molecule has 0 spiro atoms. The van der Waals surface area contributed by atoms with E-state index in [1.54, 1.807) is 42.2 Å². The molecule has 0 bridgehead atoms. The van der Waals surface area contributed by atoms with E-state index >= 15 is 0 Å². The first-order valence-corrected chi connectivity index (χ1v) is 16.7. The van der Waals surface area contributed by atoms with Crippen LogP contribution in [-0.4, -0.2) is 5.78 Å². The third-order valence-corrected chi connectivity index (χ3v) is 10.2. The SMILES string of the molecule is CC(=O)c1ccc(Sc2ccc(-c3ccc(Sc4ccc(-c5ccc(Sc6ccc(S)cc6)cc5)cc4)cc3)cc2)cc1. The Morgan fingerprint density at radius 2 is 0.628 bits per heavy atom. The van der Waals surface area contributed by atoms with Crippen LogP contribution >= 0.6 is 47.9 Å². The topological polar surface area (TPSA) is 17.1 Å². The normalized spacial score (nSPS) is 10.9. The maximum Gasteiger partial charge on any atom is 0.159 e. The van der Waals surface area contributed by atoms with Crippen molar-refractivity contribution in [3.63, 3.8) is 0 Å². The average molecular weight is 629 g/mol. The molecule has 1 nitrogen and oxygen atoms in total. The first kappa shape index (κ1) is 29.5. The van der Waals surface area contributed by atoms with E-state index in [1.807, 2.05) is 36.4 Å². The zero-order valence-electron chi connectivity index (χ0n) is 23.4. The van der Waals surface area contributed by atoms with E-state index in [4.69, 9.17) is 0 Å². The molecule has 0 fully saturated rings. The highest BCUT2D eigenvalue weighted by atomic mass is 32.2. The highest BCUT2D eigenvalue weighted by Gasteiger charge is 2.05. The van der Waals surface area contributed by atoms with Crippen molar-refractivity contribution in [3.05, 3.63) is 151 Å². The summed E-state index contributed by atoms with van der Waals surface area (Å²) in [5.41, 5.74) is 5.56. The van der Waals surface area contributed by atoms with E-state index in [9.17, 15) is 4.79 Å². The Labute approximate surface area is 271 Å². The quantitative estimate of drug-likeness (QED) is 0.127. The van der Waals surface area contributed by atoms with Crippen LogP contribution in [0.3, 0.4) is 0 Å². The molecule has 210 valence electrons. The zero-order valence-corrected chi connectivity index (χ0v) is 26.8. The largest absolute Gasteiger partial charge is 0.295 e. The van der Waals surface area contributed by atoms with Gasteiger partial charge in [-0.15, -0.1) is 12.6 Å². The average Bonchev–Trinajstić information content (AvgIpc) is 3.04. The lowest BCUT2D eigenvalue weighted by Gasteiger charge is -2.08. The van der Waals surface area contributed by atoms with Gasteiger partial charge in [-0.3, -0.25) is 4.79 Å². The second-order valence-corrected chi connectivity index (χ2v) is 13.9. The number of rotatable bonds is 9. The van der Waals surface area contributed by atoms with Gasteiger partial charge in [0, 0.05) is 39.8 Å². The molecule has 0 aliphatic heterocycles. The van der Waals surface area contributed by atoms with Crippen molar-refractivity contribution in [1.29, 1.82) is 0 Å². The van der Waals surface area contributed by atoms with Gasteiger partial charge in [-0.2, -0.15) is 0 Å². The first-order chi connectivity index (χ1) is 21.0. The van der Waals surface area contributed by atoms with Crippen molar-refractivity contribution in [2.24, 2.45) is 0 Å². The second kappa shape index (κ2) is 13.8. The summed E-state index contributed by atoms with van der Waals surface area (Å²) in [6.45, 7) is 1.59. The molecule has 0 atom stereocenters. The van der Waals surface area contributed by atoms with Crippen LogP contribution in [0.4, 0.5) is 0 Å². The zero-order chi connectivity index (χ0) is 29.6. The third-order valence-electron chi connectivity index (χ3n) is 6.89. The smallest absolute Gasteiger partial charge is 0.159 e. The lowest BCUT2D eigenvalue weighted by atomic mass is 10.1. The Balaban J connectivity index is 1.04. The van der Waals surface area contributed by atoms with Crippen molar-refractivity contribution in [3.8, 4) is 22.3 Å². The minimum Gasteiger partial charge on any atom is -0.295 e. The number of thiol groups is 1. The van der Waals surface area contributed by atoms with Gasteiger partial charge in [0.25, 0.3) is 0 Å². The van der Waals surface area contributed by atoms with E-state index in [0.717, 1.165) is 15.4 Å². The summed E-state index contributed by atoms with van der Waals surface area (Å²) in [4.78, 5) is 19.6. The number of benzene rings is 6. The molecule has 6 aromatic carbocycles. The molecule has 0 heterocycles. The van der Waals surface area contributed by atoms with Gasteiger partial charge >= 0.3 is 0 Å². The van der Waals surface area contributed by atoms with Crippen molar-refractivity contribution < 1.29 is 4.79 Å². The van der Waals surface area contributed by atoms with Gasteiger partial charge in [0.15, 0.2) is 5.78 Å². The molecule has 5 heteroatoms. The van der Waals surface area contributed by atoms with E-state index < -0.39 is 0 Å². The van der Waals surface area contributed by atoms with Crippen LogP contribution in [0.5, 0.6) is 0 Å². The van der Waals surface area contributed by atoms with Gasteiger partial charge in [0.05, 0.1) is 0 Å². The second-order valence-electron chi connectivity index (χ2n) is 9.98. The van der Waals surface area contributed by atoms with Crippen LogP contribution in [0, 0.1) is 0 Å². The van der Waals surface area contributed by atoms with Crippen LogP contribution < -0.4 is 0 Å². The molecule has 0 aliphatic rings. The fourth-order valence-corrected chi connectivity index (χ4v) is 7.14. The summed E-state index contributed by atoms with van der Waals surface area (Å²) >= 11 is 9.60. The third kappa shape index (κ3) is 7.87. The Hall–Kier alpha value is -3.61. The van der Waals surface area contributed by atoms with E-state index in [1.165, 1.54) is 46.7 Å². The molecular weight excluding hydrogens is 601 g/mol. The van der Waals surface area contributed by atoms with Crippen molar-refractivity contribution >= 4 is 53.7 Å². The Morgan fingerprint density at radius 1 is 0.395 bits per heavy atom. The van der Waals surface area contributed by atoms with Crippen LogP contribution in [0.1, 0.15) is 17.3 Å². The number of carbonyl (C=O) groups excluding carboxylic acids is 1. The molecule has 0 aromatic heterocycles. The van der Waals surface area contributed by atoms with E-state index in [-0.39, 0.29) is 5.78 Å². The van der Waals surface area contributed by atoms with Crippen molar-refractivity contribution in [2.75, 3.05) is 0 Å². The van der Waals surface area contributed by atoms with Gasteiger partial charge in [-0.25, -0.2) is 0 Å². The maximum absolute atomic E-state index is 11.5. The summed E-state index contributed by atoms with van der Waals surface area (Å²) in [6, 6.07) is 50.9. The number of hydrogen-bond donors (Lipinski definition) is 1. The highest BCUT2D eigenvalue weighted by molar-refractivity contribution is 7.99. The molecule has 0 aliphatic carbocycles. The number of ketones is 1. The molecule has 6 aromatic rings. The number of Topliss-reactive ketones (excluding diaryl/α,β-unsaturated/α-hetero) is 1. The van der Waals surface area contributed by atoms with Crippen LogP contribution in [0.25, 0.3) is 22.3 Å². The van der Waals surface area contributed by atoms with Gasteiger partial charge < -0.3 is 0 Å². The molecule has 43 heavy (non-hydrogen) atoms. The minimum absolute atomic E-state index is 0.0904. The monoisotopic (exact) mass is 628 g/mol. The Morgan fingerprint density at radius 3 is 0.884 bits per heavy atom. The van der Waals surface area contributed by atoms with Crippen LogP contribution in [-0.2, 0) is 0 Å².